The molecule has 8 nitrogen and oxygen atoms in total. The van der Waals surface area contributed by atoms with Gasteiger partial charge in [0.1, 0.15) is 12.6 Å². The lowest BCUT2D eigenvalue weighted by Crippen LogP contribution is -2.43. The van der Waals surface area contributed by atoms with Crippen molar-refractivity contribution in [2.24, 2.45) is 0 Å². The number of carbonyl (C=O) groups is 2. The molecule has 4 rings (SSSR count). The van der Waals surface area contributed by atoms with Crippen LogP contribution >= 0.6 is 0 Å². The van der Waals surface area contributed by atoms with Crippen LogP contribution < -0.4 is 14.8 Å². The predicted octanol–water partition coefficient (Wildman–Crippen LogP) is 3.63. The zero-order valence-electron chi connectivity index (χ0n) is 18.3. The molecule has 170 valence electrons. The molecule has 1 heterocycles. The zero-order valence-corrected chi connectivity index (χ0v) is 18.3. The molecule has 0 fully saturated rings. The first-order chi connectivity index (χ1) is 16.0. The summed E-state index contributed by atoms with van der Waals surface area (Å²) in [6, 6.07) is 16.3. The first-order valence-corrected chi connectivity index (χ1v) is 10.4. The van der Waals surface area contributed by atoms with Gasteiger partial charge in [-0.15, -0.1) is 0 Å². The van der Waals surface area contributed by atoms with Gasteiger partial charge in [0.2, 0.25) is 0 Å². The topological polar surface area (TPSA) is 107 Å². The Morgan fingerprint density at radius 2 is 1.64 bits per heavy atom. The van der Waals surface area contributed by atoms with Gasteiger partial charge in [0.05, 0.1) is 19.9 Å². The summed E-state index contributed by atoms with van der Waals surface area (Å²) < 4.78 is 16.0. The fourth-order valence-corrected chi connectivity index (χ4v) is 4.17. The fourth-order valence-electron chi connectivity index (χ4n) is 4.17. The number of aromatic nitrogens is 1. The molecule has 33 heavy (non-hydrogen) atoms. The second-order valence-corrected chi connectivity index (χ2v) is 7.56. The van der Waals surface area contributed by atoms with E-state index in [0.717, 1.165) is 22.3 Å². The third-order valence-electron chi connectivity index (χ3n) is 5.70. The molecule has 2 N–H and O–H groups in total. The lowest BCUT2D eigenvalue weighted by molar-refractivity contribution is -0.139. The Morgan fingerprint density at radius 3 is 2.21 bits per heavy atom. The summed E-state index contributed by atoms with van der Waals surface area (Å²) in [6.45, 7) is 0.0902. The number of methoxy groups -OCH3 is 2. The van der Waals surface area contributed by atoms with Crippen molar-refractivity contribution < 1.29 is 28.9 Å². The SMILES string of the molecule is COc1ccnc(CC(NC(=O)OCC2c3ccccc3-c3ccccc32)C(=O)O)c1OC. The number of carboxylic acid groups (broad SMARTS) is 1. The highest BCUT2D eigenvalue weighted by molar-refractivity contribution is 5.81. The molecular weight excluding hydrogens is 424 g/mol. The molecule has 0 saturated heterocycles. The molecule has 0 spiro atoms. The van der Waals surface area contributed by atoms with E-state index in [1.165, 1.54) is 20.4 Å². The molecule has 0 aliphatic heterocycles. The van der Waals surface area contributed by atoms with Crippen molar-refractivity contribution >= 4 is 12.1 Å². The maximum absolute atomic E-state index is 12.5. The van der Waals surface area contributed by atoms with E-state index in [1.54, 1.807) is 6.07 Å². The lowest BCUT2D eigenvalue weighted by Gasteiger charge is -2.18. The molecule has 2 aromatic carbocycles. The summed E-state index contributed by atoms with van der Waals surface area (Å²) in [5.41, 5.74) is 4.73. The number of carbonyl (C=O) groups excluding carboxylic acids is 1. The number of fused-ring (bicyclic) bond motifs is 3. The van der Waals surface area contributed by atoms with Crippen LogP contribution in [0.5, 0.6) is 11.5 Å². The molecule has 1 aliphatic rings. The Kier molecular flexibility index (Phi) is 6.44. The highest BCUT2D eigenvalue weighted by Gasteiger charge is 2.30. The molecule has 1 unspecified atom stereocenters. The van der Waals surface area contributed by atoms with Crippen molar-refractivity contribution in [2.75, 3.05) is 20.8 Å². The van der Waals surface area contributed by atoms with E-state index in [0.29, 0.717) is 17.2 Å². The van der Waals surface area contributed by atoms with Gasteiger partial charge >= 0.3 is 12.1 Å². The normalized spacial score (nSPS) is 12.9. The van der Waals surface area contributed by atoms with Gasteiger partial charge in [0.25, 0.3) is 0 Å². The summed E-state index contributed by atoms with van der Waals surface area (Å²) in [5, 5.41) is 12.1. The Balaban J connectivity index is 1.45. The van der Waals surface area contributed by atoms with Crippen LogP contribution in [0.15, 0.2) is 60.8 Å². The van der Waals surface area contributed by atoms with Gasteiger partial charge in [0, 0.05) is 24.6 Å². The summed E-state index contributed by atoms with van der Waals surface area (Å²) >= 11 is 0. The minimum absolute atomic E-state index is 0.0902. The van der Waals surface area contributed by atoms with Crippen molar-refractivity contribution in [3.05, 3.63) is 77.6 Å². The molecule has 0 bridgehead atoms. The zero-order chi connectivity index (χ0) is 23.4. The smallest absolute Gasteiger partial charge is 0.407 e. The van der Waals surface area contributed by atoms with Gasteiger partial charge in [-0.25, -0.2) is 9.59 Å². The van der Waals surface area contributed by atoms with Gasteiger partial charge < -0.3 is 24.6 Å². The molecule has 3 aromatic rings. The Morgan fingerprint density at radius 1 is 1.00 bits per heavy atom. The molecule has 0 radical (unpaired) electrons. The van der Waals surface area contributed by atoms with Crippen LogP contribution in [0.2, 0.25) is 0 Å². The first kappa shape index (κ1) is 22.1. The highest BCUT2D eigenvalue weighted by atomic mass is 16.5. The number of hydrogen-bond acceptors (Lipinski definition) is 6. The quantitative estimate of drug-likeness (QED) is 0.542. The molecular formula is C25H24N2O6. The van der Waals surface area contributed by atoms with Crippen LogP contribution in [0.25, 0.3) is 11.1 Å². The largest absolute Gasteiger partial charge is 0.493 e. The van der Waals surface area contributed by atoms with Gasteiger partial charge in [-0.1, -0.05) is 48.5 Å². The van der Waals surface area contributed by atoms with Crippen molar-refractivity contribution in [3.63, 3.8) is 0 Å². The molecule has 1 amide bonds. The van der Waals surface area contributed by atoms with Gasteiger partial charge in [-0.2, -0.15) is 0 Å². The number of benzene rings is 2. The summed E-state index contributed by atoms with van der Waals surface area (Å²) in [7, 11) is 2.92. The predicted molar refractivity (Wildman–Crippen MR) is 121 cm³/mol. The summed E-state index contributed by atoms with van der Waals surface area (Å²) in [4.78, 5) is 28.5. The van der Waals surface area contributed by atoms with Gasteiger partial charge in [-0.3, -0.25) is 4.98 Å². The van der Waals surface area contributed by atoms with E-state index in [2.05, 4.69) is 10.3 Å². The maximum atomic E-state index is 12.5. The summed E-state index contributed by atoms with van der Waals surface area (Å²) in [5.74, 6) is -0.588. The van der Waals surface area contributed by atoms with E-state index in [-0.39, 0.29) is 18.9 Å². The lowest BCUT2D eigenvalue weighted by atomic mass is 9.98. The molecule has 8 heteroatoms. The fraction of sp³-hybridized carbons (Fsp3) is 0.240. The minimum atomic E-state index is -1.26. The monoisotopic (exact) mass is 448 g/mol. The van der Waals surface area contributed by atoms with E-state index in [1.807, 2.05) is 48.5 Å². The molecule has 1 aliphatic carbocycles. The minimum Gasteiger partial charge on any atom is -0.493 e. The highest BCUT2D eigenvalue weighted by Crippen LogP contribution is 2.44. The van der Waals surface area contributed by atoms with E-state index in [9.17, 15) is 14.7 Å². The van der Waals surface area contributed by atoms with Crippen LogP contribution in [0.3, 0.4) is 0 Å². The van der Waals surface area contributed by atoms with Crippen LogP contribution in [0.4, 0.5) is 4.79 Å². The Bertz CT molecular complexity index is 1130. The number of ether oxygens (including phenoxy) is 3. The van der Waals surface area contributed by atoms with Gasteiger partial charge in [-0.05, 0) is 22.3 Å². The third kappa shape index (κ3) is 4.45. The first-order valence-electron chi connectivity index (χ1n) is 10.4. The van der Waals surface area contributed by atoms with Crippen LogP contribution in [-0.4, -0.2) is 49.0 Å². The second kappa shape index (κ2) is 9.60. The van der Waals surface area contributed by atoms with Crippen LogP contribution in [0, 0.1) is 0 Å². The molecule has 1 aromatic heterocycles. The average molecular weight is 448 g/mol. The van der Waals surface area contributed by atoms with E-state index >= 15 is 0 Å². The van der Waals surface area contributed by atoms with Crippen molar-refractivity contribution in [2.45, 2.75) is 18.4 Å². The number of alkyl carbamates (subject to hydrolysis) is 1. The number of nitrogens with one attached hydrogen (secondary N) is 1. The average Bonchev–Trinajstić information content (AvgIpc) is 3.15. The molecule has 0 saturated carbocycles. The number of pyridine rings is 1. The summed E-state index contributed by atoms with van der Waals surface area (Å²) in [6.07, 6.45) is 0.578. The third-order valence-corrected chi connectivity index (χ3v) is 5.70. The van der Waals surface area contributed by atoms with Crippen molar-refractivity contribution in [3.8, 4) is 22.6 Å². The standard InChI is InChI=1S/C25H24N2O6/c1-31-22-11-12-26-20(23(22)32-2)13-21(24(28)29)27-25(30)33-14-19-17-9-5-3-7-15(17)16-8-4-6-10-18(16)19/h3-12,19,21H,13-14H2,1-2H3,(H,27,30)(H,28,29). The van der Waals surface area contributed by atoms with E-state index < -0.39 is 18.1 Å². The number of nitrogens with zero attached hydrogens (tertiary/aromatic N) is 1. The van der Waals surface area contributed by atoms with Crippen LogP contribution in [-0.2, 0) is 16.0 Å². The maximum Gasteiger partial charge on any atom is 0.407 e. The Hall–Kier alpha value is -4.07. The number of hydrogen-bond donors (Lipinski definition) is 2. The van der Waals surface area contributed by atoms with Crippen molar-refractivity contribution in [1.29, 1.82) is 0 Å². The van der Waals surface area contributed by atoms with Gasteiger partial charge in [0.15, 0.2) is 11.5 Å². The van der Waals surface area contributed by atoms with Crippen molar-refractivity contribution in [1.82, 2.24) is 10.3 Å². The number of rotatable bonds is 8. The number of carboxylic acids is 1. The van der Waals surface area contributed by atoms with E-state index in [4.69, 9.17) is 14.2 Å². The Labute approximate surface area is 191 Å². The van der Waals surface area contributed by atoms with Crippen LogP contribution in [0.1, 0.15) is 22.7 Å². The second-order valence-electron chi connectivity index (χ2n) is 7.56. The number of amides is 1. The molecule has 1 atom stereocenters. The number of aliphatic carboxylic acids is 1.